The summed E-state index contributed by atoms with van der Waals surface area (Å²) >= 11 is 0. The van der Waals surface area contributed by atoms with Crippen molar-refractivity contribution in [3.8, 4) is 6.07 Å². The number of para-hydroxylation sites is 1. The van der Waals surface area contributed by atoms with Gasteiger partial charge >= 0.3 is 5.97 Å². The molecule has 1 aromatic carbocycles. The minimum absolute atomic E-state index is 0.0814. The van der Waals surface area contributed by atoms with Gasteiger partial charge in [-0.25, -0.2) is 9.79 Å². The van der Waals surface area contributed by atoms with Crippen LogP contribution in [0.15, 0.2) is 34.8 Å². The van der Waals surface area contributed by atoms with E-state index in [1.807, 2.05) is 24.3 Å². The van der Waals surface area contributed by atoms with Crippen LogP contribution >= 0.6 is 0 Å². The molecule has 0 atom stereocenters. The highest BCUT2D eigenvalue weighted by molar-refractivity contribution is 6.06. The minimum atomic E-state index is -0.649. The number of anilines is 1. The van der Waals surface area contributed by atoms with Gasteiger partial charge in [-0.05, 0) is 13.0 Å². The lowest BCUT2D eigenvalue weighted by atomic mass is 10.0. The van der Waals surface area contributed by atoms with Crippen molar-refractivity contribution in [2.75, 3.05) is 11.9 Å². The molecule has 0 aliphatic carbocycles. The zero-order valence-electron chi connectivity index (χ0n) is 9.80. The van der Waals surface area contributed by atoms with Gasteiger partial charge in [-0.2, -0.15) is 5.26 Å². The van der Waals surface area contributed by atoms with E-state index in [1.165, 1.54) is 6.34 Å². The molecule has 0 saturated heterocycles. The summed E-state index contributed by atoms with van der Waals surface area (Å²) in [6, 6.07) is 9.19. The van der Waals surface area contributed by atoms with E-state index >= 15 is 0 Å². The summed E-state index contributed by atoms with van der Waals surface area (Å²) in [5.74, 6) is -0.649. The van der Waals surface area contributed by atoms with Crippen molar-refractivity contribution in [1.29, 1.82) is 5.26 Å². The fourth-order valence-electron chi connectivity index (χ4n) is 1.65. The van der Waals surface area contributed by atoms with Gasteiger partial charge in [-0.3, -0.25) is 0 Å². The van der Waals surface area contributed by atoms with E-state index in [-0.39, 0.29) is 12.2 Å². The Balaban J connectivity index is 2.54. The van der Waals surface area contributed by atoms with Crippen LogP contribution in [-0.4, -0.2) is 18.9 Å². The number of aliphatic imine (C=N–C) groups is 1. The second-order valence-corrected chi connectivity index (χ2v) is 3.50. The molecule has 1 heterocycles. The van der Waals surface area contributed by atoms with E-state index in [0.29, 0.717) is 11.3 Å². The third-order valence-electron chi connectivity index (χ3n) is 2.42. The number of esters is 1. The Kier molecular flexibility index (Phi) is 3.39. The summed E-state index contributed by atoms with van der Waals surface area (Å²) in [5, 5.41) is 12.1. The van der Waals surface area contributed by atoms with E-state index in [2.05, 4.69) is 10.3 Å². The molecule has 1 aliphatic heterocycles. The number of nitrogens with zero attached hydrogens (tertiary/aromatic N) is 2. The van der Waals surface area contributed by atoms with Crippen molar-refractivity contribution in [2.24, 2.45) is 4.99 Å². The van der Waals surface area contributed by atoms with E-state index in [9.17, 15) is 4.79 Å². The Morgan fingerprint density at radius 2 is 2.28 bits per heavy atom. The average molecular weight is 241 g/mol. The SMILES string of the molecule is CCOC(=O)/C(C#N)=C1\N=CNc2ccccc21. The lowest BCUT2D eigenvalue weighted by Gasteiger charge is -2.15. The highest BCUT2D eigenvalue weighted by Gasteiger charge is 2.21. The molecular formula is C13H11N3O2. The molecule has 90 valence electrons. The Labute approximate surface area is 104 Å². The summed E-state index contributed by atoms with van der Waals surface area (Å²) in [6.07, 6.45) is 1.45. The van der Waals surface area contributed by atoms with Crippen molar-refractivity contribution in [1.82, 2.24) is 0 Å². The summed E-state index contributed by atoms with van der Waals surface area (Å²) in [4.78, 5) is 15.8. The normalized spacial score (nSPS) is 15.1. The van der Waals surface area contributed by atoms with Crippen LogP contribution in [-0.2, 0) is 9.53 Å². The van der Waals surface area contributed by atoms with Crippen LogP contribution in [0.1, 0.15) is 12.5 Å². The highest BCUT2D eigenvalue weighted by Crippen LogP contribution is 2.29. The van der Waals surface area contributed by atoms with Crippen LogP contribution in [0, 0.1) is 11.3 Å². The molecule has 0 saturated carbocycles. The third kappa shape index (κ3) is 2.09. The maximum absolute atomic E-state index is 11.7. The quantitative estimate of drug-likeness (QED) is 0.487. The number of hydrogen-bond donors (Lipinski definition) is 1. The first-order valence-electron chi connectivity index (χ1n) is 5.48. The molecular weight excluding hydrogens is 230 g/mol. The number of nitrogens with one attached hydrogen (secondary N) is 1. The number of hydrogen-bond acceptors (Lipinski definition) is 5. The molecule has 1 N–H and O–H groups in total. The number of carbonyl (C=O) groups is 1. The molecule has 1 aliphatic rings. The number of benzene rings is 1. The fraction of sp³-hybridized carbons (Fsp3) is 0.154. The number of fused-ring (bicyclic) bond motifs is 1. The predicted molar refractivity (Wildman–Crippen MR) is 67.7 cm³/mol. The van der Waals surface area contributed by atoms with Crippen LogP contribution in [0.4, 0.5) is 5.69 Å². The fourth-order valence-corrected chi connectivity index (χ4v) is 1.65. The maximum atomic E-state index is 11.7. The van der Waals surface area contributed by atoms with Gasteiger partial charge in [0.15, 0.2) is 5.57 Å². The van der Waals surface area contributed by atoms with E-state index in [4.69, 9.17) is 10.00 Å². The number of ether oxygens (including phenoxy) is 1. The van der Waals surface area contributed by atoms with Gasteiger partial charge in [0.1, 0.15) is 6.07 Å². The van der Waals surface area contributed by atoms with Gasteiger partial charge in [0.25, 0.3) is 0 Å². The summed E-state index contributed by atoms with van der Waals surface area (Å²) < 4.78 is 4.85. The molecule has 0 fully saturated rings. The lowest BCUT2D eigenvalue weighted by Crippen LogP contribution is -2.11. The van der Waals surface area contributed by atoms with Crippen LogP contribution in [0.3, 0.4) is 0 Å². The molecule has 0 spiro atoms. The Bertz CT molecular complexity index is 582. The van der Waals surface area contributed by atoms with E-state index in [0.717, 1.165) is 5.69 Å². The zero-order valence-corrected chi connectivity index (χ0v) is 9.80. The Hall–Kier alpha value is -2.61. The zero-order chi connectivity index (χ0) is 13.0. The number of rotatable bonds is 2. The third-order valence-corrected chi connectivity index (χ3v) is 2.42. The van der Waals surface area contributed by atoms with Crippen LogP contribution in [0.5, 0.6) is 0 Å². The minimum Gasteiger partial charge on any atom is -0.462 e. The van der Waals surface area contributed by atoms with Gasteiger partial charge in [-0.15, -0.1) is 0 Å². The second-order valence-electron chi connectivity index (χ2n) is 3.50. The molecule has 18 heavy (non-hydrogen) atoms. The van der Waals surface area contributed by atoms with Gasteiger partial charge in [0.2, 0.25) is 0 Å². The van der Waals surface area contributed by atoms with E-state index in [1.54, 1.807) is 13.0 Å². The molecule has 1 aromatic rings. The second kappa shape index (κ2) is 5.15. The molecule has 0 radical (unpaired) electrons. The number of carbonyl (C=O) groups excluding carboxylic acids is 1. The van der Waals surface area contributed by atoms with E-state index < -0.39 is 5.97 Å². The Morgan fingerprint density at radius 1 is 1.50 bits per heavy atom. The average Bonchev–Trinajstić information content (AvgIpc) is 2.40. The first-order valence-corrected chi connectivity index (χ1v) is 5.48. The molecule has 2 rings (SSSR count). The standard InChI is InChI=1S/C13H11N3O2/c1-2-18-13(17)10(7-14)12-9-5-3-4-6-11(9)15-8-16-12/h3-6,8H,2H2,1H3,(H,15,16)/b12-10-. The van der Waals surface area contributed by atoms with Crippen LogP contribution < -0.4 is 5.32 Å². The van der Waals surface area contributed by atoms with Gasteiger partial charge in [0.05, 0.1) is 18.6 Å². The van der Waals surface area contributed by atoms with Crippen LogP contribution in [0.25, 0.3) is 5.70 Å². The van der Waals surface area contributed by atoms with Gasteiger partial charge in [-0.1, -0.05) is 18.2 Å². The largest absolute Gasteiger partial charge is 0.462 e. The summed E-state index contributed by atoms with van der Waals surface area (Å²) in [5.41, 5.74) is 1.77. The van der Waals surface area contributed by atoms with Gasteiger partial charge in [0, 0.05) is 11.3 Å². The van der Waals surface area contributed by atoms with Gasteiger partial charge < -0.3 is 10.1 Å². The van der Waals surface area contributed by atoms with Crippen LogP contribution in [0.2, 0.25) is 0 Å². The van der Waals surface area contributed by atoms with Crippen molar-refractivity contribution in [2.45, 2.75) is 6.92 Å². The molecule has 0 aromatic heterocycles. The summed E-state index contributed by atoms with van der Waals surface area (Å²) in [7, 11) is 0. The predicted octanol–water partition coefficient (Wildman–Crippen LogP) is 1.94. The molecule has 5 nitrogen and oxygen atoms in total. The molecule has 0 unspecified atom stereocenters. The van der Waals surface area contributed by atoms with Crippen molar-refractivity contribution >= 4 is 23.7 Å². The van der Waals surface area contributed by atoms with Crippen molar-refractivity contribution in [3.05, 3.63) is 35.4 Å². The first-order chi connectivity index (χ1) is 8.77. The summed E-state index contributed by atoms with van der Waals surface area (Å²) in [6.45, 7) is 1.91. The molecule has 0 amide bonds. The molecule has 5 heteroatoms. The Morgan fingerprint density at radius 3 is 3.00 bits per heavy atom. The highest BCUT2D eigenvalue weighted by atomic mass is 16.5. The number of nitriles is 1. The van der Waals surface area contributed by atoms with Crippen molar-refractivity contribution in [3.63, 3.8) is 0 Å². The van der Waals surface area contributed by atoms with Crippen molar-refractivity contribution < 1.29 is 9.53 Å². The maximum Gasteiger partial charge on any atom is 0.351 e. The smallest absolute Gasteiger partial charge is 0.351 e. The lowest BCUT2D eigenvalue weighted by molar-refractivity contribution is -0.137. The monoisotopic (exact) mass is 241 g/mol. The first kappa shape index (κ1) is 11.9. The topological polar surface area (TPSA) is 74.5 Å². The molecule has 0 bridgehead atoms.